The van der Waals surface area contributed by atoms with Gasteiger partial charge in [0.2, 0.25) is 5.91 Å². The van der Waals surface area contributed by atoms with Crippen molar-refractivity contribution in [1.29, 1.82) is 0 Å². The third-order valence-corrected chi connectivity index (χ3v) is 2.99. The summed E-state index contributed by atoms with van der Waals surface area (Å²) in [5.41, 5.74) is -0.0477. The van der Waals surface area contributed by atoms with Gasteiger partial charge in [0, 0.05) is 12.5 Å². The number of carbonyl (C=O) groups excluding carboxylic acids is 2. The standard InChI is InChI=1S/C15H19FN2O4/c1-3-4-5-12(15(21)22)18-14(20)10-6-7-11(16)13(8-10)17-9(2)19/h6-8,12H,3-5H2,1-2H3,(H,17,19)(H,18,20)(H,21,22). The van der Waals surface area contributed by atoms with Gasteiger partial charge in [-0.1, -0.05) is 19.8 Å². The molecule has 0 aromatic heterocycles. The molecule has 120 valence electrons. The van der Waals surface area contributed by atoms with E-state index in [9.17, 15) is 18.8 Å². The maximum atomic E-state index is 13.5. The van der Waals surface area contributed by atoms with E-state index in [4.69, 9.17) is 5.11 Å². The van der Waals surface area contributed by atoms with Gasteiger partial charge in [0.15, 0.2) is 0 Å². The first kappa shape index (κ1) is 17.6. The molecule has 0 spiro atoms. The molecule has 6 nitrogen and oxygen atoms in total. The van der Waals surface area contributed by atoms with Gasteiger partial charge in [0.1, 0.15) is 11.9 Å². The Balaban J connectivity index is 2.87. The Morgan fingerprint density at radius 3 is 2.55 bits per heavy atom. The van der Waals surface area contributed by atoms with Crippen LogP contribution in [0, 0.1) is 5.82 Å². The van der Waals surface area contributed by atoms with Crippen LogP contribution in [0.15, 0.2) is 18.2 Å². The minimum atomic E-state index is -1.12. The van der Waals surface area contributed by atoms with Crippen molar-refractivity contribution >= 4 is 23.5 Å². The molecule has 0 saturated carbocycles. The predicted molar refractivity (Wildman–Crippen MR) is 79.1 cm³/mol. The number of rotatable bonds is 7. The monoisotopic (exact) mass is 310 g/mol. The molecule has 7 heteroatoms. The predicted octanol–water partition coefficient (Wildman–Crippen LogP) is 2.16. The SMILES string of the molecule is CCCCC(NC(=O)c1ccc(F)c(NC(C)=O)c1)C(=O)O. The van der Waals surface area contributed by atoms with Crippen LogP contribution in [0.25, 0.3) is 0 Å². The number of carboxylic acids is 1. The van der Waals surface area contributed by atoms with E-state index >= 15 is 0 Å². The Bertz CT molecular complexity index is 575. The Labute approximate surface area is 127 Å². The number of aliphatic carboxylic acids is 1. The van der Waals surface area contributed by atoms with Crippen LogP contribution in [-0.2, 0) is 9.59 Å². The van der Waals surface area contributed by atoms with Crippen molar-refractivity contribution in [2.24, 2.45) is 0 Å². The number of hydrogen-bond acceptors (Lipinski definition) is 3. The molecule has 0 aliphatic rings. The quantitative estimate of drug-likeness (QED) is 0.719. The van der Waals surface area contributed by atoms with E-state index in [-0.39, 0.29) is 11.3 Å². The molecule has 0 saturated heterocycles. The van der Waals surface area contributed by atoms with Crippen LogP contribution in [0.1, 0.15) is 43.5 Å². The summed E-state index contributed by atoms with van der Waals surface area (Å²) >= 11 is 0. The average molecular weight is 310 g/mol. The number of hydrogen-bond donors (Lipinski definition) is 3. The first-order chi connectivity index (χ1) is 10.3. The lowest BCUT2D eigenvalue weighted by molar-refractivity contribution is -0.139. The number of nitrogens with one attached hydrogen (secondary N) is 2. The van der Waals surface area contributed by atoms with E-state index in [1.807, 2.05) is 6.92 Å². The minimum Gasteiger partial charge on any atom is -0.480 e. The van der Waals surface area contributed by atoms with Crippen molar-refractivity contribution in [1.82, 2.24) is 5.32 Å². The van der Waals surface area contributed by atoms with Crippen LogP contribution in [0.5, 0.6) is 0 Å². The minimum absolute atomic E-state index is 0.0768. The molecule has 0 fully saturated rings. The number of halogens is 1. The number of amides is 2. The van der Waals surface area contributed by atoms with Gasteiger partial charge in [0.05, 0.1) is 5.69 Å². The number of carboxylic acid groups (broad SMARTS) is 1. The van der Waals surface area contributed by atoms with Gasteiger partial charge in [-0.25, -0.2) is 9.18 Å². The Kier molecular flexibility index (Phi) is 6.49. The van der Waals surface area contributed by atoms with E-state index in [1.165, 1.54) is 19.1 Å². The number of unbranched alkanes of at least 4 members (excludes halogenated alkanes) is 1. The summed E-state index contributed by atoms with van der Waals surface area (Å²) in [5.74, 6) is -2.89. The fraction of sp³-hybridized carbons (Fsp3) is 0.400. The van der Waals surface area contributed by atoms with Crippen LogP contribution in [0.2, 0.25) is 0 Å². The summed E-state index contributed by atoms with van der Waals surface area (Å²) in [6, 6.07) is 2.45. The topological polar surface area (TPSA) is 95.5 Å². The fourth-order valence-electron chi connectivity index (χ4n) is 1.86. The third-order valence-electron chi connectivity index (χ3n) is 2.99. The van der Waals surface area contributed by atoms with Crippen molar-refractivity contribution in [2.45, 2.75) is 39.2 Å². The smallest absolute Gasteiger partial charge is 0.326 e. The largest absolute Gasteiger partial charge is 0.480 e. The Morgan fingerprint density at radius 2 is 2.00 bits per heavy atom. The Morgan fingerprint density at radius 1 is 1.32 bits per heavy atom. The highest BCUT2D eigenvalue weighted by atomic mass is 19.1. The fourth-order valence-corrected chi connectivity index (χ4v) is 1.86. The number of carbonyl (C=O) groups is 3. The maximum Gasteiger partial charge on any atom is 0.326 e. The number of benzene rings is 1. The molecular weight excluding hydrogens is 291 g/mol. The molecule has 1 atom stereocenters. The zero-order valence-corrected chi connectivity index (χ0v) is 12.5. The maximum absolute atomic E-state index is 13.5. The summed E-state index contributed by atoms with van der Waals surface area (Å²) < 4.78 is 13.5. The van der Waals surface area contributed by atoms with Crippen molar-refractivity contribution in [3.05, 3.63) is 29.6 Å². The van der Waals surface area contributed by atoms with Gasteiger partial charge in [-0.3, -0.25) is 9.59 Å². The molecule has 3 N–H and O–H groups in total. The normalized spacial score (nSPS) is 11.6. The van der Waals surface area contributed by atoms with Crippen LogP contribution in [0.3, 0.4) is 0 Å². The van der Waals surface area contributed by atoms with Crippen molar-refractivity contribution < 1.29 is 23.9 Å². The molecule has 2 amide bonds. The van der Waals surface area contributed by atoms with Crippen molar-refractivity contribution in [3.8, 4) is 0 Å². The molecule has 0 radical (unpaired) electrons. The highest BCUT2D eigenvalue weighted by Crippen LogP contribution is 2.16. The van der Waals surface area contributed by atoms with E-state index in [2.05, 4.69) is 10.6 Å². The first-order valence-corrected chi connectivity index (χ1v) is 6.96. The second kappa shape index (κ2) is 8.11. The highest BCUT2D eigenvalue weighted by Gasteiger charge is 2.20. The summed E-state index contributed by atoms with van der Waals surface area (Å²) in [5, 5.41) is 13.7. The summed E-state index contributed by atoms with van der Waals surface area (Å²) in [6.45, 7) is 3.14. The summed E-state index contributed by atoms with van der Waals surface area (Å²) in [4.78, 5) is 34.1. The zero-order chi connectivity index (χ0) is 16.7. The second-order valence-corrected chi connectivity index (χ2v) is 4.88. The van der Waals surface area contributed by atoms with Gasteiger partial charge in [-0.05, 0) is 24.6 Å². The van der Waals surface area contributed by atoms with Crippen LogP contribution in [-0.4, -0.2) is 28.9 Å². The van der Waals surface area contributed by atoms with E-state index in [0.717, 1.165) is 12.5 Å². The lowest BCUT2D eigenvalue weighted by atomic mass is 10.1. The molecule has 0 bridgehead atoms. The van der Waals surface area contributed by atoms with Gasteiger partial charge < -0.3 is 15.7 Å². The molecule has 22 heavy (non-hydrogen) atoms. The van der Waals surface area contributed by atoms with E-state index in [0.29, 0.717) is 12.8 Å². The molecule has 1 unspecified atom stereocenters. The number of anilines is 1. The van der Waals surface area contributed by atoms with E-state index in [1.54, 1.807) is 0 Å². The van der Waals surface area contributed by atoms with Crippen molar-refractivity contribution in [3.63, 3.8) is 0 Å². The van der Waals surface area contributed by atoms with E-state index < -0.39 is 29.6 Å². The second-order valence-electron chi connectivity index (χ2n) is 4.88. The van der Waals surface area contributed by atoms with Gasteiger partial charge in [-0.15, -0.1) is 0 Å². The van der Waals surface area contributed by atoms with Crippen molar-refractivity contribution in [2.75, 3.05) is 5.32 Å². The first-order valence-electron chi connectivity index (χ1n) is 6.96. The molecule has 1 rings (SSSR count). The average Bonchev–Trinajstić information content (AvgIpc) is 2.44. The highest BCUT2D eigenvalue weighted by molar-refractivity contribution is 5.98. The molecular formula is C15H19FN2O4. The molecule has 1 aromatic rings. The summed E-state index contributed by atoms with van der Waals surface area (Å²) in [7, 11) is 0. The Hall–Kier alpha value is -2.44. The van der Waals surface area contributed by atoms with Gasteiger partial charge >= 0.3 is 5.97 Å². The third kappa shape index (κ3) is 5.16. The van der Waals surface area contributed by atoms with Gasteiger partial charge in [-0.2, -0.15) is 0 Å². The van der Waals surface area contributed by atoms with Crippen LogP contribution in [0.4, 0.5) is 10.1 Å². The van der Waals surface area contributed by atoms with Gasteiger partial charge in [0.25, 0.3) is 5.91 Å². The lowest BCUT2D eigenvalue weighted by Crippen LogP contribution is -2.40. The zero-order valence-electron chi connectivity index (χ0n) is 12.5. The lowest BCUT2D eigenvalue weighted by Gasteiger charge is -2.14. The van der Waals surface area contributed by atoms with Crippen LogP contribution >= 0.6 is 0 Å². The molecule has 0 aliphatic heterocycles. The summed E-state index contributed by atoms with van der Waals surface area (Å²) in [6.07, 6.45) is 1.79. The van der Waals surface area contributed by atoms with Crippen LogP contribution < -0.4 is 10.6 Å². The molecule has 0 aliphatic carbocycles. The molecule has 0 heterocycles. The molecule has 1 aromatic carbocycles.